The molecule has 6 heteroatoms. The number of hydrogen-bond acceptors (Lipinski definition) is 5. The van der Waals surface area contributed by atoms with Gasteiger partial charge in [0.05, 0.1) is 6.42 Å². The van der Waals surface area contributed by atoms with Crippen molar-refractivity contribution in [3.8, 4) is 0 Å². The number of amides is 1. The molecule has 0 aromatic carbocycles. The van der Waals surface area contributed by atoms with Gasteiger partial charge < -0.3 is 10.6 Å². The van der Waals surface area contributed by atoms with Crippen molar-refractivity contribution in [1.29, 1.82) is 0 Å². The molecule has 0 unspecified atom stereocenters. The van der Waals surface area contributed by atoms with Crippen LogP contribution < -0.4 is 10.6 Å². The molecule has 2 aromatic heterocycles. The fourth-order valence-corrected chi connectivity index (χ4v) is 2.21. The SMILES string of the molecule is CCCNc1ccc(NC(=O)Cc2cccs2)nn1. The lowest BCUT2D eigenvalue weighted by atomic mass is 10.3. The van der Waals surface area contributed by atoms with E-state index in [1.54, 1.807) is 17.4 Å². The minimum Gasteiger partial charge on any atom is -0.369 e. The van der Waals surface area contributed by atoms with E-state index in [-0.39, 0.29) is 5.91 Å². The topological polar surface area (TPSA) is 66.9 Å². The Morgan fingerprint density at radius 2 is 2.05 bits per heavy atom. The van der Waals surface area contributed by atoms with Gasteiger partial charge in [0.2, 0.25) is 5.91 Å². The number of anilines is 2. The third-order valence-corrected chi connectivity index (χ3v) is 3.28. The van der Waals surface area contributed by atoms with Crippen molar-refractivity contribution in [3.63, 3.8) is 0 Å². The van der Waals surface area contributed by atoms with Crippen LogP contribution in [0.2, 0.25) is 0 Å². The van der Waals surface area contributed by atoms with Gasteiger partial charge in [-0.1, -0.05) is 13.0 Å². The second-order valence-corrected chi connectivity index (χ2v) is 5.07. The molecular weight excluding hydrogens is 260 g/mol. The number of thiophene rings is 1. The van der Waals surface area contributed by atoms with Crippen LogP contribution in [0.5, 0.6) is 0 Å². The Hall–Kier alpha value is -1.95. The molecule has 0 atom stereocenters. The third kappa shape index (κ3) is 4.33. The van der Waals surface area contributed by atoms with E-state index >= 15 is 0 Å². The van der Waals surface area contributed by atoms with Gasteiger partial charge in [0.15, 0.2) is 5.82 Å². The summed E-state index contributed by atoms with van der Waals surface area (Å²) in [5.74, 6) is 1.12. The fourth-order valence-electron chi connectivity index (χ4n) is 1.50. The fraction of sp³-hybridized carbons (Fsp3) is 0.308. The first-order valence-corrected chi connectivity index (χ1v) is 7.05. The number of nitrogens with one attached hydrogen (secondary N) is 2. The predicted octanol–water partition coefficient (Wildman–Crippen LogP) is 2.54. The number of aromatic nitrogens is 2. The van der Waals surface area contributed by atoms with E-state index in [4.69, 9.17) is 0 Å². The minimum atomic E-state index is -0.0778. The Balaban J connectivity index is 1.86. The standard InChI is InChI=1S/C13H16N4OS/c1-2-7-14-11-5-6-12(17-16-11)15-13(18)9-10-4-3-8-19-10/h3-6,8H,2,7,9H2,1H3,(H,14,16)(H,15,17,18). The van der Waals surface area contributed by atoms with Crippen LogP contribution in [0.25, 0.3) is 0 Å². The maximum atomic E-state index is 11.7. The molecule has 0 fully saturated rings. The van der Waals surface area contributed by atoms with E-state index in [0.29, 0.717) is 12.2 Å². The largest absolute Gasteiger partial charge is 0.369 e. The van der Waals surface area contributed by atoms with E-state index < -0.39 is 0 Å². The summed E-state index contributed by atoms with van der Waals surface area (Å²) >= 11 is 1.57. The van der Waals surface area contributed by atoms with E-state index in [9.17, 15) is 4.79 Å². The van der Waals surface area contributed by atoms with Crippen LogP contribution >= 0.6 is 11.3 Å². The van der Waals surface area contributed by atoms with Crippen molar-refractivity contribution in [2.24, 2.45) is 0 Å². The highest BCUT2D eigenvalue weighted by atomic mass is 32.1. The van der Waals surface area contributed by atoms with Crippen LogP contribution in [0.3, 0.4) is 0 Å². The molecule has 2 heterocycles. The van der Waals surface area contributed by atoms with Crippen molar-refractivity contribution in [1.82, 2.24) is 10.2 Å². The summed E-state index contributed by atoms with van der Waals surface area (Å²) in [6, 6.07) is 7.43. The first-order valence-electron chi connectivity index (χ1n) is 6.17. The van der Waals surface area contributed by atoms with E-state index in [1.165, 1.54) is 0 Å². The Labute approximate surface area is 116 Å². The van der Waals surface area contributed by atoms with Crippen LogP contribution in [-0.4, -0.2) is 22.6 Å². The molecule has 0 radical (unpaired) electrons. The number of nitrogens with zero attached hydrogens (tertiary/aromatic N) is 2. The summed E-state index contributed by atoms with van der Waals surface area (Å²) in [6.45, 7) is 2.94. The van der Waals surface area contributed by atoms with Crippen molar-refractivity contribution in [2.45, 2.75) is 19.8 Å². The summed E-state index contributed by atoms with van der Waals surface area (Å²) in [5, 5.41) is 15.8. The first-order chi connectivity index (χ1) is 9.28. The average molecular weight is 276 g/mol. The van der Waals surface area contributed by atoms with Crippen LogP contribution in [0.15, 0.2) is 29.6 Å². The van der Waals surface area contributed by atoms with Crippen molar-refractivity contribution >= 4 is 28.9 Å². The number of carbonyl (C=O) groups excluding carboxylic acids is 1. The molecular formula is C13H16N4OS. The zero-order valence-electron chi connectivity index (χ0n) is 10.7. The Morgan fingerprint density at radius 3 is 2.68 bits per heavy atom. The van der Waals surface area contributed by atoms with Crippen LogP contribution in [-0.2, 0) is 11.2 Å². The molecule has 2 aromatic rings. The van der Waals surface area contributed by atoms with E-state index in [0.717, 1.165) is 23.7 Å². The predicted molar refractivity (Wildman–Crippen MR) is 77.5 cm³/mol. The summed E-state index contributed by atoms with van der Waals surface area (Å²) in [6.07, 6.45) is 1.40. The van der Waals surface area contributed by atoms with Crippen LogP contribution in [0.4, 0.5) is 11.6 Å². The molecule has 2 rings (SSSR count). The first kappa shape index (κ1) is 13.5. The summed E-state index contributed by atoms with van der Waals surface area (Å²) < 4.78 is 0. The van der Waals surface area contributed by atoms with Gasteiger partial charge in [-0.3, -0.25) is 4.79 Å². The van der Waals surface area contributed by atoms with Gasteiger partial charge in [-0.05, 0) is 30.0 Å². The van der Waals surface area contributed by atoms with Crippen molar-refractivity contribution in [2.75, 3.05) is 17.2 Å². The molecule has 19 heavy (non-hydrogen) atoms. The Bertz CT molecular complexity index is 510. The van der Waals surface area contributed by atoms with Gasteiger partial charge in [-0.2, -0.15) is 0 Å². The molecule has 5 nitrogen and oxygen atoms in total. The molecule has 0 aliphatic rings. The number of carbonyl (C=O) groups is 1. The van der Waals surface area contributed by atoms with Crippen molar-refractivity contribution < 1.29 is 4.79 Å². The summed E-state index contributed by atoms with van der Waals surface area (Å²) in [4.78, 5) is 12.8. The van der Waals surface area contributed by atoms with Gasteiger partial charge in [0.25, 0.3) is 0 Å². The van der Waals surface area contributed by atoms with Gasteiger partial charge >= 0.3 is 0 Å². The average Bonchev–Trinajstić information content (AvgIpc) is 2.90. The van der Waals surface area contributed by atoms with Gasteiger partial charge in [-0.25, -0.2) is 0 Å². The van der Waals surface area contributed by atoms with Crippen LogP contribution in [0, 0.1) is 0 Å². The Kier molecular flexibility index (Phi) is 4.85. The molecule has 0 saturated heterocycles. The number of hydrogen-bond donors (Lipinski definition) is 2. The molecule has 0 aliphatic heterocycles. The second kappa shape index (κ2) is 6.84. The molecule has 0 saturated carbocycles. The van der Waals surface area contributed by atoms with E-state index in [1.807, 2.05) is 23.6 Å². The lowest BCUT2D eigenvalue weighted by Gasteiger charge is -2.05. The maximum Gasteiger partial charge on any atom is 0.230 e. The highest BCUT2D eigenvalue weighted by Gasteiger charge is 2.06. The second-order valence-electron chi connectivity index (χ2n) is 4.03. The van der Waals surface area contributed by atoms with E-state index in [2.05, 4.69) is 27.8 Å². The molecule has 1 amide bonds. The zero-order chi connectivity index (χ0) is 13.5. The highest BCUT2D eigenvalue weighted by molar-refractivity contribution is 7.10. The third-order valence-electron chi connectivity index (χ3n) is 2.40. The lowest BCUT2D eigenvalue weighted by molar-refractivity contribution is -0.115. The summed E-state index contributed by atoms with van der Waals surface area (Å²) in [5.41, 5.74) is 0. The zero-order valence-corrected chi connectivity index (χ0v) is 11.5. The van der Waals surface area contributed by atoms with Crippen LogP contribution in [0.1, 0.15) is 18.2 Å². The lowest BCUT2D eigenvalue weighted by Crippen LogP contribution is -2.15. The van der Waals surface area contributed by atoms with Gasteiger partial charge in [0, 0.05) is 11.4 Å². The number of rotatable bonds is 6. The van der Waals surface area contributed by atoms with Gasteiger partial charge in [-0.15, -0.1) is 21.5 Å². The summed E-state index contributed by atoms with van der Waals surface area (Å²) in [7, 11) is 0. The molecule has 0 spiro atoms. The highest BCUT2D eigenvalue weighted by Crippen LogP contribution is 2.11. The maximum absolute atomic E-state index is 11.7. The van der Waals surface area contributed by atoms with Gasteiger partial charge in [0.1, 0.15) is 5.82 Å². The molecule has 2 N–H and O–H groups in total. The molecule has 100 valence electrons. The van der Waals surface area contributed by atoms with Crippen molar-refractivity contribution in [3.05, 3.63) is 34.5 Å². The smallest absolute Gasteiger partial charge is 0.230 e. The quantitative estimate of drug-likeness (QED) is 0.851. The Morgan fingerprint density at radius 1 is 1.26 bits per heavy atom. The minimum absolute atomic E-state index is 0.0778. The molecule has 0 aliphatic carbocycles. The normalized spacial score (nSPS) is 10.2. The molecule has 0 bridgehead atoms. The monoisotopic (exact) mass is 276 g/mol.